The predicted molar refractivity (Wildman–Crippen MR) is 72.2 cm³/mol. The third kappa shape index (κ3) is 2.65. The first-order valence-corrected chi connectivity index (χ1v) is 6.96. The van der Waals surface area contributed by atoms with Gasteiger partial charge in [0, 0.05) is 38.4 Å². The first-order chi connectivity index (χ1) is 8.93. The number of pyridine rings is 1. The summed E-state index contributed by atoms with van der Waals surface area (Å²) >= 11 is 0. The molecule has 0 aliphatic carbocycles. The molecule has 1 saturated heterocycles. The third-order valence-electron chi connectivity index (χ3n) is 3.71. The van der Waals surface area contributed by atoms with E-state index in [4.69, 9.17) is 9.72 Å². The van der Waals surface area contributed by atoms with Crippen molar-refractivity contribution in [3.63, 3.8) is 0 Å². The second kappa shape index (κ2) is 5.67. The SMILES string of the molecule is c1cc2c(nc1N1CCCOCC1)CCNCC2. The molecule has 1 fully saturated rings. The van der Waals surface area contributed by atoms with Gasteiger partial charge < -0.3 is 15.0 Å². The molecule has 3 rings (SSSR count). The van der Waals surface area contributed by atoms with E-state index in [1.165, 1.54) is 11.3 Å². The number of anilines is 1. The molecule has 3 heterocycles. The minimum Gasteiger partial charge on any atom is -0.380 e. The van der Waals surface area contributed by atoms with Gasteiger partial charge in [-0.05, 0) is 31.0 Å². The molecule has 0 atom stereocenters. The quantitative estimate of drug-likeness (QED) is 0.803. The maximum absolute atomic E-state index is 5.50. The smallest absolute Gasteiger partial charge is 0.128 e. The molecule has 18 heavy (non-hydrogen) atoms. The van der Waals surface area contributed by atoms with Gasteiger partial charge in [-0.15, -0.1) is 0 Å². The summed E-state index contributed by atoms with van der Waals surface area (Å²) in [6.07, 6.45) is 3.25. The van der Waals surface area contributed by atoms with E-state index < -0.39 is 0 Å². The highest BCUT2D eigenvalue weighted by Crippen LogP contribution is 2.18. The predicted octanol–water partition coefficient (Wildman–Crippen LogP) is 0.996. The van der Waals surface area contributed by atoms with Crippen LogP contribution in [0, 0.1) is 0 Å². The summed E-state index contributed by atoms with van der Waals surface area (Å²) in [6.45, 7) is 5.85. The number of nitrogens with zero attached hydrogens (tertiary/aromatic N) is 2. The molecule has 0 bridgehead atoms. The summed E-state index contributed by atoms with van der Waals surface area (Å²) in [7, 11) is 0. The Labute approximate surface area is 108 Å². The van der Waals surface area contributed by atoms with Crippen LogP contribution in [0.2, 0.25) is 0 Å². The highest BCUT2D eigenvalue weighted by molar-refractivity contribution is 5.42. The Kier molecular flexibility index (Phi) is 3.76. The van der Waals surface area contributed by atoms with E-state index in [9.17, 15) is 0 Å². The lowest BCUT2D eigenvalue weighted by Gasteiger charge is -2.21. The van der Waals surface area contributed by atoms with Gasteiger partial charge in [-0.1, -0.05) is 6.07 Å². The molecule has 0 unspecified atom stereocenters. The van der Waals surface area contributed by atoms with Gasteiger partial charge in [0.15, 0.2) is 0 Å². The van der Waals surface area contributed by atoms with E-state index in [1.807, 2.05) is 0 Å². The van der Waals surface area contributed by atoms with Crippen molar-refractivity contribution in [2.75, 3.05) is 44.3 Å². The molecule has 0 saturated carbocycles. The van der Waals surface area contributed by atoms with Crippen molar-refractivity contribution in [1.82, 2.24) is 10.3 Å². The monoisotopic (exact) mass is 247 g/mol. The largest absolute Gasteiger partial charge is 0.380 e. The standard InChI is InChI=1S/C14H21N3O/c1-8-17(9-11-18-10-1)14-3-2-12-4-6-15-7-5-13(12)16-14/h2-3,15H,1,4-11H2. The molecule has 0 spiro atoms. The Hall–Kier alpha value is -1.13. The summed E-state index contributed by atoms with van der Waals surface area (Å²) in [5, 5.41) is 3.43. The van der Waals surface area contributed by atoms with Crippen molar-refractivity contribution in [3.05, 3.63) is 23.4 Å². The van der Waals surface area contributed by atoms with Crippen LogP contribution in [0.15, 0.2) is 12.1 Å². The minimum absolute atomic E-state index is 0.820. The number of ether oxygens (including phenoxy) is 1. The summed E-state index contributed by atoms with van der Waals surface area (Å²) in [5.41, 5.74) is 2.69. The van der Waals surface area contributed by atoms with Crippen LogP contribution < -0.4 is 10.2 Å². The van der Waals surface area contributed by atoms with E-state index in [1.54, 1.807) is 0 Å². The fraction of sp³-hybridized carbons (Fsp3) is 0.643. The van der Waals surface area contributed by atoms with Gasteiger partial charge in [-0.2, -0.15) is 0 Å². The molecule has 1 aromatic heterocycles. The molecule has 98 valence electrons. The van der Waals surface area contributed by atoms with Crippen molar-refractivity contribution in [1.29, 1.82) is 0 Å². The molecule has 1 aromatic rings. The van der Waals surface area contributed by atoms with Gasteiger partial charge in [-0.25, -0.2) is 4.98 Å². The second-order valence-electron chi connectivity index (χ2n) is 4.98. The van der Waals surface area contributed by atoms with Crippen molar-refractivity contribution >= 4 is 5.82 Å². The molecular formula is C14H21N3O. The van der Waals surface area contributed by atoms with Crippen LogP contribution in [-0.4, -0.2) is 44.4 Å². The Morgan fingerprint density at radius 1 is 1.11 bits per heavy atom. The summed E-state index contributed by atoms with van der Waals surface area (Å²) in [5.74, 6) is 1.13. The average molecular weight is 247 g/mol. The highest BCUT2D eigenvalue weighted by Gasteiger charge is 2.14. The van der Waals surface area contributed by atoms with Crippen molar-refractivity contribution in [2.24, 2.45) is 0 Å². The van der Waals surface area contributed by atoms with E-state index in [-0.39, 0.29) is 0 Å². The van der Waals surface area contributed by atoms with Gasteiger partial charge in [0.05, 0.1) is 6.61 Å². The Morgan fingerprint density at radius 3 is 3.06 bits per heavy atom. The lowest BCUT2D eigenvalue weighted by molar-refractivity contribution is 0.152. The van der Waals surface area contributed by atoms with Crippen LogP contribution in [0.1, 0.15) is 17.7 Å². The fourth-order valence-electron chi connectivity index (χ4n) is 2.67. The zero-order valence-corrected chi connectivity index (χ0v) is 10.8. The maximum atomic E-state index is 5.50. The van der Waals surface area contributed by atoms with Crippen molar-refractivity contribution in [3.8, 4) is 0 Å². The lowest BCUT2D eigenvalue weighted by atomic mass is 10.1. The molecule has 0 radical (unpaired) electrons. The first-order valence-electron chi connectivity index (χ1n) is 6.96. The number of hydrogen-bond acceptors (Lipinski definition) is 4. The average Bonchev–Trinajstić information content (AvgIpc) is 2.80. The van der Waals surface area contributed by atoms with Crippen LogP contribution in [-0.2, 0) is 17.6 Å². The number of aromatic nitrogens is 1. The van der Waals surface area contributed by atoms with Crippen LogP contribution >= 0.6 is 0 Å². The molecule has 4 nitrogen and oxygen atoms in total. The lowest BCUT2D eigenvalue weighted by Crippen LogP contribution is -2.27. The van der Waals surface area contributed by atoms with Crippen LogP contribution in [0.4, 0.5) is 5.82 Å². The van der Waals surface area contributed by atoms with Gasteiger partial charge in [-0.3, -0.25) is 0 Å². The van der Waals surface area contributed by atoms with Crippen molar-refractivity contribution in [2.45, 2.75) is 19.3 Å². The number of rotatable bonds is 1. The molecule has 1 N–H and O–H groups in total. The topological polar surface area (TPSA) is 37.4 Å². The van der Waals surface area contributed by atoms with Crippen molar-refractivity contribution < 1.29 is 4.74 Å². The van der Waals surface area contributed by atoms with Gasteiger partial charge in [0.2, 0.25) is 0 Å². The van der Waals surface area contributed by atoms with E-state index in [0.29, 0.717) is 0 Å². The molecule has 0 aromatic carbocycles. The molecule has 2 aliphatic heterocycles. The Balaban J connectivity index is 1.81. The number of hydrogen-bond donors (Lipinski definition) is 1. The van der Waals surface area contributed by atoms with Crippen LogP contribution in [0.5, 0.6) is 0 Å². The normalized spacial score (nSPS) is 21.0. The zero-order valence-electron chi connectivity index (χ0n) is 10.8. The third-order valence-corrected chi connectivity index (χ3v) is 3.71. The van der Waals surface area contributed by atoms with Gasteiger partial charge in [0.25, 0.3) is 0 Å². The van der Waals surface area contributed by atoms with E-state index >= 15 is 0 Å². The summed E-state index contributed by atoms with van der Waals surface area (Å²) in [4.78, 5) is 7.22. The zero-order chi connectivity index (χ0) is 12.2. The maximum Gasteiger partial charge on any atom is 0.128 e. The number of nitrogens with one attached hydrogen (secondary N) is 1. The Bertz CT molecular complexity index is 400. The Morgan fingerprint density at radius 2 is 2.06 bits per heavy atom. The molecule has 0 amide bonds. The van der Waals surface area contributed by atoms with Crippen LogP contribution in [0.25, 0.3) is 0 Å². The molecular weight excluding hydrogens is 226 g/mol. The minimum atomic E-state index is 0.820. The van der Waals surface area contributed by atoms with E-state index in [2.05, 4.69) is 22.3 Å². The first kappa shape index (κ1) is 11.9. The second-order valence-corrected chi connectivity index (χ2v) is 4.98. The highest BCUT2D eigenvalue weighted by atomic mass is 16.5. The summed E-state index contributed by atoms with van der Waals surface area (Å²) < 4.78 is 5.50. The molecule has 4 heteroatoms. The van der Waals surface area contributed by atoms with Crippen LogP contribution in [0.3, 0.4) is 0 Å². The fourth-order valence-corrected chi connectivity index (χ4v) is 2.67. The summed E-state index contributed by atoms with van der Waals surface area (Å²) in [6, 6.07) is 4.44. The van der Waals surface area contributed by atoms with Gasteiger partial charge >= 0.3 is 0 Å². The molecule has 2 aliphatic rings. The number of fused-ring (bicyclic) bond motifs is 1. The van der Waals surface area contributed by atoms with E-state index in [0.717, 1.165) is 64.5 Å². The van der Waals surface area contributed by atoms with Gasteiger partial charge in [0.1, 0.15) is 5.82 Å².